The molecule has 0 spiro atoms. The van der Waals surface area contributed by atoms with E-state index in [9.17, 15) is 9.59 Å². The van der Waals surface area contributed by atoms with Gasteiger partial charge in [-0.3, -0.25) is 9.59 Å². The number of aromatic nitrogens is 2. The summed E-state index contributed by atoms with van der Waals surface area (Å²) in [6.45, 7) is 2.95. The van der Waals surface area contributed by atoms with Gasteiger partial charge in [-0.1, -0.05) is 11.6 Å². The molecule has 86 valence electrons. The van der Waals surface area contributed by atoms with E-state index in [-0.39, 0.29) is 10.7 Å². The minimum Gasteiger partial charge on any atom is -0.480 e. The first kappa shape index (κ1) is 12.4. The average Bonchev–Trinajstić information content (AvgIpc) is 2.21. The summed E-state index contributed by atoms with van der Waals surface area (Å²) in [5.41, 5.74) is -0.0257. The molecule has 0 fully saturated rings. The molecular formula is C9H10ClN3O3. The van der Waals surface area contributed by atoms with Gasteiger partial charge in [0.2, 0.25) is 0 Å². The molecule has 1 rings (SSSR count). The Morgan fingerprint density at radius 2 is 2.19 bits per heavy atom. The summed E-state index contributed by atoms with van der Waals surface area (Å²) in [4.78, 5) is 29.8. The van der Waals surface area contributed by atoms with E-state index in [0.717, 1.165) is 0 Å². The quantitative estimate of drug-likeness (QED) is 0.813. The van der Waals surface area contributed by atoms with E-state index in [0.29, 0.717) is 5.82 Å². The maximum absolute atomic E-state index is 11.6. The summed E-state index contributed by atoms with van der Waals surface area (Å²) in [5.74, 6) is -1.38. The van der Waals surface area contributed by atoms with E-state index in [1.165, 1.54) is 13.1 Å². The van der Waals surface area contributed by atoms with Crippen LogP contribution in [-0.2, 0) is 4.79 Å². The van der Waals surface area contributed by atoms with Gasteiger partial charge in [0.1, 0.15) is 17.6 Å². The highest BCUT2D eigenvalue weighted by Crippen LogP contribution is 2.11. The van der Waals surface area contributed by atoms with Crippen LogP contribution in [0.3, 0.4) is 0 Å². The average molecular weight is 244 g/mol. The Bertz CT molecular complexity index is 436. The van der Waals surface area contributed by atoms with Crippen LogP contribution in [0, 0.1) is 6.92 Å². The van der Waals surface area contributed by atoms with Gasteiger partial charge in [0, 0.05) is 0 Å². The molecule has 0 aliphatic rings. The summed E-state index contributed by atoms with van der Waals surface area (Å²) >= 11 is 5.72. The van der Waals surface area contributed by atoms with Crippen molar-refractivity contribution in [2.24, 2.45) is 0 Å². The molecule has 0 aliphatic heterocycles. The molecule has 6 nitrogen and oxygen atoms in total. The molecule has 1 atom stereocenters. The number of aliphatic carboxylic acids is 1. The van der Waals surface area contributed by atoms with Crippen molar-refractivity contribution in [2.45, 2.75) is 19.9 Å². The van der Waals surface area contributed by atoms with Crippen molar-refractivity contribution in [1.82, 2.24) is 15.3 Å². The molecule has 0 saturated carbocycles. The second-order valence-corrected chi connectivity index (χ2v) is 3.55. The number of amides is 1. The summed E-state index contributed by atoms with van der Waals surface area (Å²) in [5, 5.41) is 11.0. The predicted octanol–water partition coefficient (Wildman–Crippen LogP) is 0.641. The van der Waals surface area contributed by atoms with Crippen molar-refractivity contribution in [1.29, 1.82) is 0 Å². The van der Waals surface area contributed by atoms with E-state index in [1.54, 1.807) is 6.92 Å². The second-order valence-electron chi connectivity index (χ2n) is 3.15. The molecule has 1 heterocycles. The van der Waals surface area contributed by atoms with Crippen LogP contribution in [0.5, 0.6) is 0 Å². The van der Waals surface area contributed by atoms with E-state index >= 15 is 0 Å². The second kappa shape index (κ2) is 4.89. The number of carboxylic acid groups (broad SMARTS) is 1. The normalized spacial score (nSPS) is 11.9. The van der Waals surface area contributed by atoms with Crippen LogP contribution in [0.1, 0.15) is 23.2 Å². The Morgan fingerprint density at radius 1 is 1.56 bits per heavy atom. The summed E-state index contributed by atoms with van der Waals surface area (Å²) in [7, 11) is 0. The third-order valence-electron chi connectivity index (χ3n) is 1.80. The van der Waals surface area contributed by atoms with Crippen LogP contribution in [0.2, 0.25) is 5.02 Å². The fourth-order valence-electron chi connectivity index (χ4n) is 0.941. The van der Waals surface area contributed by atoms with Gasteiger partial charge in [-0.15, -0.1) is 0 Å². The number of hydrogen-bond donors (Lipinski definition) is 2. The number of aryl methyl sites for hydroxylation is 1. The first-order valence-electron chi connectivity index (χ1n) is 4.44. The Balaban J connectivity index is 2.88. The molecule has 1 unspecified atom stereocenters. The van der Waals surface area contributed by atoms with E-state index < -0.39 is 17.9 Å². The zero-order valence-corrected chi connectivity index (χ0v) is 9.45. The van der Waals surface area contributed by atoms with Crippen LogP contribution >= 0.6 is 11.6 Å². The van der Waals surface area contributed by atoms with Gasteiger partial charge < -0.3 is 10.4 Å². The molecule has 1 aromatic heterocycles. The predicted molar refractivity (Wildman–Crippen MR) is 56.3 cm³/mol. The van der Waals surface area contributed by atoms with E-state index in [2.05, 4.69) is 15.3 Å². The van der Waals surface area contributed by atoms with Crippen molar-refractivity contribution in [2.75, 3.05) is 0 Å². The highest BCUT2D eigenvalue weighted by molar-refractivity contribution is 6.33. The van der Waals surface area contributed by atoms with Crippen LogP contribution in [0.15, 0.2) is 6.20 Å². The zero-order chi connectivity index (χ0) is 12.3. The molecule has 16 heavy (non-hydrogen) atoms. The zero-order valence-electron chi connectivity index (χ0n) is 8.69. The monoisotopic (exact) mass is 243 g/mol. The summed E-state index contributed by atoms with van der Waals surface area (Å²) < 4.78 is 0. The number of hydrogen-bond acceptors (Lipinski definition) is 4. The molecule has 1 aromatic rings. The van der Waals surface area contributed by atoms with Gasteiger partial charge in [-0.2, -0.15) is 0 Å². The standard InChI is InChI=1S/C9H10ClN3O3/c1-4(9(15)16)12-8(14)7-6(10)3-11-5(2)13-7/h3-4H,1-2H3,(H,12,14)(H,15,16). The first-order valence-corrected chi connectivity index (χ1v) is 4.82. The molecule has 0 bridgehead atoms. The van der Waals surface area contributed by atoms with Crippen molar-refractivity contribution >= 4 is 23.5 Å². The van der Waals surface area contributed by atoms with Crippen LogP contribution in [-0.4, -0.2) is 33.0 Å². The van der Waals surface area contributed by atoms with Gasteiger partial charge >= 0.3 is 5.97 Å². The van der Waals surface area contributed by atoms with E-state index in [1.807, 2.05) is 0 Å². The number of carboxylic acids is 1. The molecular weight excluding hydrogens is 234 g/mol. The molecule has 1 amide bonds. The Morgan fingerprint density at radius 3 is 2.75 bits per heavy atom. The number of nitrogens with zero attached hydrogens (tertiary/aromatic N) is 2. The molecule has 2 N–H and O–H groups in total. The molecule has 7 heteroatoms. The number of carbonyl (C=O) groups is 2. The van der Waals surface area contributed by atoms with Gasteiger partial charge in [0.25, 0.3) is 5.91 Å². The van der Waals surface area contributed by atoms with E-state index in [4.69, 9.17) is 16.7 Å². The Kier molecular flexibility index (Phi) is 3.78. The fourth-order valence-corrected chi connectivity index (χ4v) is 1.12. The first-order chi connectivity index (χ1) is 7.41. The molecule has 0 aromatic carbocycles. The van der Waals surface area contributed by atoms with Crippen molar-refractivity contribution in [3.8, 4) is 0 Å². The lowest BCUT2D eigenvalue weighted by atomic mass is 10.3. The molecule has 0 radical (unpaired) electrons. The minimum atomic E-state index is -1.13. The molecule has 0 saturated heterocycles. The third kappa shape index (κ3) is 2.90. The Hall–Kier alpha value is -1.69. The SMILES string of the molecule is Cc1ncc(Cl)c(C(=O)NC(C)C(=O)O)n1. The van der Waals surface area contributed by atoms with Gasteiger partial charge in [-0.25, -0.2) is 9.97 Å². The highest BCUT2D eigenvalue weighted by atomic mass is 35.5. The smallest absolute Gasteiger partial charge is 0.325 e. The van der Waals surface area contributed by atoms with Crippen molar-refractivity contribution in [3.05, 3.63) is 22.7 Å². The third-order valence-corrected chi connectivity index (χ3v) is 2.07. The van der Waals surface area contributed by atoms with Crippen molar-refractivity contribution in [3.63, 3.8) is 0 Å². The highest BCUT2D eigenvalue weighted by Gasteiger charge is 2.18. The lowest BCUT2D eigenvalue weighted by Gasteiger charge is -2.09. The summed E-state index contributed by atoms with van der Waals surface area (Å²) in [6, 6.07) is -1.00. The summed E-state index contributed by atoms with van der Waals surface area (Å²) in [6.07, 6.45) is 1.30. The molecule has 0 aliphatic carbocycles. The largest absolute Gasteiger partial charge is 0.480 e. The lowest BCUT2D eigenvalue weighted by molar-refractivity contribution is -0.138. The van der Waals surface area contributed by atoms with Crippen LogP contribution in [0.25, 0.3) is 0 Å². The number of rotatable bonds is 3. The maximum Gasteiger partial charge on any atom is 0.325 e. The van der Waals surface area contributed by atoms with Crippen LogP contribution < -0.4 is 5.32 Å². The Labute approximate surface area is 96.7 Å². The van der Waals surface area contributed by atoms with Gasteiger partial charge in [0.15, 0.2) is 0 Å². The van der Waals surface area contributed by atoms with Gasteiger partial charge in [0.05, 0.1) is 11.2 Å². The number of halogens is 1. The fraction of sp³-hybridized carbons (Fsp3) is 0.333. The maximum atomic E-state index is 11.6. The van der Waals surface area contributed by atoms with Gasteiger partial charge in [-0.05, 0) is 13.8 Å². The van der Waals surface area contributed by atoms with Crippen LogP contribution in [0.4, 0.5) is 0 Å². The minimum absolute atomic E-state index is 0.0257. The lowest BCUT2D eigenvalue weighted by Crippen LogP contribution is -2.38. The topological polar surface area (TPSA) is 92.2 Å². The number of carbonyl (C=O) groups excluding carboxylic acids is 1. The van der Waals surface area contributed by atoms with Crippen molar-refractivity contribution < 1.29 is 14.7 Å². The number of nitrogens with one attached hydrogen (secondary N) is 1.